The molecule has 1 heterocycles. The van der Waals surface area contributed by atoms with E-state index in [1.807, 2.05) is 5.32 Å². The summed E-state index contributed by atoms with van der Waals surface area (Å²) >= 11 is 0. The van der Waals surface area contributed by atoms with E-state index < -0.39 is 18.4 Å². The van der Waals surface area contributed by atoms with Gasteiger partial charge in [0.25, 0.3) is 5.91 Å². The van der Waals surface area contributed by atoms with Crippen molar-refractivity contribution in [3.05, 3.63) is 30.1 Å². The summed E-state index contributed by atoms with van der Waals surface area (Å²) in [5.74, 6) is -5.25. The van der Waals surface area contributed by atoms with E-state index >= 15 is 0 Å². The van der Waals surface area contributed by atoms with Gasteiger partial charge in [-0.1, -0.05) is 6.07 Å². The van der Waals surface area contributed by atoms with Crippen molar-refractivity contribution in [3.8, 4) is 0 Å². The molecule has 0 aliphatic rings. The average molecular weight is 216 g/mol. The molecule has 0 radical (unpaired) electrons. The summed E-state index contributed by atoms with van der Waals surface area (Å²) in [6.07, 6.45) is 1.49. The number of alkyl halides is 2. The molecule has 1 rings (SSSR count). The third-order valence-electron chi connectivity index (χ3n) is 1.69. The molecule has 0 spiro atoms. The largest absolute Gasteiger partial charge is 0.390 e. The number of amides is 1. The second-order valence-electron chi connectivity index (χ2n) is 2.87. The van der Waals surface area contributed by atoms with Gasteiger partial charge in [-0.05, 0) is 12.1 Å². The molecule has 0 aliphatic carbocycles. The fourth-order valence-corrected chi connectivity index (χ4v) is 0.875. The highest BCUT2D eigenvalue weighted by molar-refractivity contribution is 5.83. The Morgan fingerprint density at radius 3 is 2.80 bits per heavy atom. The number of halogens is 2. The Hall–Kier alpha value is -1.56. The molecule has 0 saturated heterocycles. The number of hydrogen-bond acceptors (Lipinski definition) is 3. The van der Waals surface area contributed by atoms with Crippen LogP contribution < -0.4 is 5.32 Å². The monoisotopic (exact) mass is 216 g/mol. The van der Waals surface area contributed by atoms with Crippen molar-refractivity contribution in [1.82, 2.24) is 10.3 Å². The molecule has 1 aromatic heterocycles. The number of nitrogens with zero attached hydrogens (tertiary/aromatic N) is 1. The number of hydrogen-bond donors (Lipinski definition) is 2. The highest BCUT2D eigenvalue weighted by Gasteiger charge is 2.37. The minimum absolute atomic E-state index is 0.0880. The summed E-state index contributed by atoms with van der Waals surface area (Å²) in [6, 6.07) is 4.95. The quantitative estimate of drug-likeness (QED) is 0.762. The normalized spacial score (nSPS) is 11.1. The van der Waals surface area contributed by atoms with Gasteiger partial charge in [-0.3, -0.25) is 9.78 Å². The molecule has 0 aromatic carbocycles. The highest BCUT2D eigenvalue weighted by Crippen LogP contribution is 2.11. The summed E-state index contributed by atoms with van der Waals surface area (Å²) in [5, 5.41) is 10.2. The van der Waals surface area contributed by atoms with E-state index in [4.69, 9.17) is 5.11 Å². The Kier molecular flexibility index (Phi) is 3.68. The van der Waals surface area contributed by atoms with Gasteiger partial charge in [0, 0.05) is 6.20 Å². The molecule has 1 amide bonds. The van der Waals surface area contributed by atoms with E-state index in [2.05, 4.69) is 4.98 Å². The maximum absolute atomic E-state index is 12.6. The second kappa shape index (κ2) is 4.79. The van der Waals surface area contributed by atoms with Crippen LogP contribution in [0.4, 0.5) is 8.78 Å². The number of aliphatic hydroxyl groups is 1. The number of nitrogens with one attached hydrogen (secondary N) is 1. The smallest absolute Gasteiger partial charge is 0.346 e. The van der Waals surface area contributed by atoms with E-state index in [9.17, 15) is 13.6 Å². The fourth-order valence-electron chi connectivity index (χ4n) is 0.875. The molecule has 82 valence electrons. The van der Waals surface area contributed by atoms with Gasteiger partial charge in [0.1, 0.15) is 6.61 Å². The molecular weight excluding hydrogens is 206 g/mol. The maximum Gasteiger partial charge on any atom is 0.346 e. The predicted octanol–water partition coefficient (Wildman–Crippen LogP) is 0.325. The zero-order chi connectivity index (χ0) is 11.3. The summed E-state index contributed by atoms with van der Waals surface area (Å²) < 4.78 is 25.1. The Balaban J connectivity index is 2.48. The van der Waals surface area contributed by atoms with Crippen molar-refractivity contribution in [1.29, 1.82) is 0 Å². The third kappa shape index (κ3) is 3.25. The second-order valence-corrected chi connectivity index (χ2v) is 2.87. The van der Waals surface area contributed by atoms with Gasteiger partial charge in [-0.15, -0.1) is 0 Å². The molecule has 15 heavy (non-hydrogen) atoms. The van der Waals surface area contributed by atoms with Crippen LogP contribution in [-0.4, -0.2) is 28.5 Å². The Morgan fingerprint density at radius 2 is 2.27 bits per heavy atom. The number of pyridine rings is 1. The Labute approximate surface area is 84.9 Å². The molecule has 0 atom stereocenters. The molecule has 0 unspecified atom stereocenters. The van der Waals surface area contributed by atoms with Crippen molar-refractivity contribution in [2.24, 2.45) is 0 Å². The van der Waals surface area contributed by atoms with Crippen LogP contribution in [0.5, 0.6) is 0 Å². The minimum atomic E-state index is -3.74. The summed E-state index contributed by atoms with van der Waals surface area (Å²) in [4.78, 5) is 14.7. The molecule has 4 nitrogen and oxygen atoms in total. The van der Waals surface area contributed by atoms with Crippen molar-refractivity contribution in [3.63, 3.8) is 0 Å². The first-order valence-electron chi connectivity index (χ1n) is 4.23. The van der Waals surface area contributed by atoms with Crippen LogP contribution in [0.1, 0.15) is 5.69 Å². The van der Waals surface area contributed by atoms with Crippen LogP contribution in [0.15, 0.2) is 24.4 Å². The number of aromatic nitrogens is 1. The lowest BCUT2D eigenvalue weighted by Gasteiger charge is -2.12. The molecule has 0 aliphatic heterocycles. The maximum atomic E-state index is 12.6. The van der Waals surface area contributed by atoms with Gasteiger partial charge in [0.2, 0.25) is 0 Å². The summed E-state index contributed by atoms with van der Waals surface area (Å²) in [6.45, 7) is -1.59. The molecular formula is C9H10F2N2O2. The third-order valence-corrected chi connectivity index (χ3v) is 1.69. The highest BCUT2D eigenvalue weighted by atomic mass is 19.3. The number of rotatable bonds is 4. The van der Waals surface area contributed by atoms with Gasteiger partial charge in [-0.2, -0.15) is 8.78 Å². The van der Waals surface area contributed by atoms with Crippen molar-refractivity contribution in [2.45, 2.75) is 12.5 Å². The van der Waals surface area contributed by atoms with Crippen LogP contribution in [0.3, 0.4) is 0 Å². The van der Waals surface area contributed by atoms with E-state index in [1.165, 1.54) is 6.20 Å². The van der Waals surface area contributed by atoms with Gasteiger partial charge < -0.3 is 10.4 Å². The number of carbonyl (C=O) groups is 1. The number of aliphatic hydroxyl groups excluding tert-OH is 1. The summed E-state index contributed by atoms with van der Waals surface area (Å²) in [7, 11) is 0. The Morgan fingerprint density at radius 1 is 1.53 bits per heavy atom. The predicted molar refractivity (Wildman–Crippen MR) is 48.1 cm³/mol. The first-order chi connectivity index (χ1) is 7.06. The first kappa shape index (κ1) is 11.5. The lowest BCUT2D eigenvalue weighted by Crippen LogP contribution is -2.42. The Bertz CT molecular complexity index is 330. The van der Waals surface area contributed by atoms with Crippen LogP contribution in [0.25, 0.3) is 0 Å². The van der Waals surface area contributed by atoms with Gasteiger partial charge in [-0.25, -0.2) is 0 Å². The minimum Gasteiger partial charge on any atom is -0.390 e. The molecule has 2 N–H and O–H groups in total. The molecule has 0 fully saturated rings. The van der Waals surface area contributed by atoms with Crippen molar-refractivity contribution < 1.29 is 18.7 Å². The van der Waals surface area contributed by atoms with Crippen LogP contribution >= 0.6 is 0 Å². The molecule has 0 bridgehead atoms. The van der Waals surface area contributed by atoms with E-state index in [0.717, 1.165) is 0 Å². The topological polar surface area (TPSA) is 62.2 Å². The van der Waals surface area contributed by atoms with Crippen LogP contribution in [0.2, 0.25) is 0 Å². The molecule has 6 heteroatoms. The van der Waals surface area contributed by atoms with E-state index in [1.54, 1.807) is 18.2 Å². The van der Waals surface area contributed by atoms with Gasteiger partial charge in [0.15, 0.2) is 0 Å². The molecule has 0 saturated carbocycles. The summed E-state index contributed by atoms with van der Waals surface area (Å²) in [5.41, 5.74) is 0.472. The number of carbonyl (C=O) groups excluding carboxylic acids is 1. The van der Waals surface area contributed by atoms with Crippen LogP contribution in [0, 0.1) is 0 Å². The fraction of sp³-hybridized carbons (Fsp3) is 0.333. The first-order valence-corrected chi connectivity index (χ1v) is 4.23. The van der Waals surface area contributed by atoms with Crippen molar-refractivity contribution in [2.75, 3.05) is 6.61 Å². The van der Waals surface area contributed by atoms with Crippen LogP contribution in [-0.2, 0) is 11.3 Å². The van der Waals surface area contributed by atoms with Crippen molar-refractivity contribution >= 4 is 5.91 Å². The SMILES string of the molecule is O=C(NCc1ccccn1)C(F)(F)CO. The van der Waals surface area contributed by atoms with E-state index in [0.29, 0.717) is 5.69 Å². The molecule has 1 aromatic rings. The lowest BCUT2D eigenvalue weighted by atomic mass is 10.3. The van der Waals surface area contributed by atoms with E-state index in [-0.39, 0.29) is 6.54 Å². The standard InChI is InChI=1S/C9H10F2N2O2/c10-9(11,6-14)8(15)13-5-7-3-1-2-4-12-7/h1-4,14H,5-6H2,(H,13,15). The van der Waals surface area contributed by atoms with Gasteiger partial charge >= 0.3 is 5.92 Å². The van der Waals surface area contributed by atoms with Gasteiger partial charge in [0.05, 0.1) is 12.2 Å². The zero-order valence-corrected chi connectivity index (χ0v) is 7.78. The zero-order valence-electron chi connectivity index (χ0n) is 7.78. The average Bonchev–Trinajstić information content (AvgIpc) is 2.27. The lowest BCUT2D eigenvalue weighted by molar-refractivity contribution is -0.151.